The molecule has 6 heteroatoms. The zero-order valence-corrected chi connectivity index (χ0v) is 12.2. The van der Waals surface area contributed by atoms with Crippen molar-refractivity contribution in [2.45, 2.75) is 27.2 Å². The molecule has 2 rings (SSSR count). The number of nitrogens with two attached hydrogens (primary N) is 1. The lowest BCUT2D eigenvalue weighted by Crippen LogP contribution is -2.09. The molecular formula is C12H15N3OS2. The van der Waals surface area contributed by atoms with Crippen molar-refractivity contribution in [3.63, 3.8) is 0 Å². The standard InChI is InChI=1S/C12H15N3OS2/c1-4-9-7(3)18-12(14-9)15-11(16)10-5-8(13)6(2)17-10/h5H,4,13H2,1-3H3,(H,14,15,16). The lowest BCUT2D eigenvalue weighted by Gasteiger charge is -1.97. The molecule has 0 spiro atoms. The highest BCUT2D eigenvalue weighted by atomic mass is 32.1. The van der Waals surface area contributed by atoms with Crippen molar-refractivity contribution in [1.29, 1.82) is 0 Å². The molecular weight excluding hydrogens is 266 g/mol. The Kier molecular flexibility index (Phi) is 3.68. The van der Waals surface area contributed by atoms with Crippen LogP contribution in [0.5, 0.6) is 0 Å². The van der Waals surface area contributed by atoms with Crippen LogP contribution in [0, 0.1) is 13.8 Å². The van der Waals surface area contributed by atoms with E-state index in [0.29, 0.717) is 15.7 Å². The third-order valence-corrected chi connectivity index (χ3v) is 4.62. The van der Waals surface area contributed by atoms with Crippen LogP contribution in [0.4, 0.5) is 10.8 Å². The number of carbonyl (C=O) groups excluding carboxylic acids is 1. The fourth-order valence-electron chi connectivity index (χ4n) is 1.58. The molecule has 0 aliphatic carbocycles. The Bertz CT molecular complexity index is 567. The molecule has 0 bridgehead atoms. The van der Waals surface area contributed by atoms with Crippen molar-refractivity contribution < 1.29 is 4.79 Å². The van der Waals surface area contributed by atoms with Gasteiger partial charge in [-0.1, -0.05) is 6.92 Å². The van der Waals surface area contributed by atoms with E-state index in [0.717, 1.165) is 21.9 Å². The number of carbonyl (C=O) groups is 1. The molecule has 0 radical (unpaired) electrons. The fraction of sp³-hybridized carbons (Fsp3) is 0.333. The van der Waals surface area contributed by atoms with Crippen molar-refractivity contribution in [1.82, 2.24) is 4.98 Å². The van der Waals surface area contributed by atoms with Gasteiger partial charge in [0.15, 0.2) is 5.13 Å². The predicted octanol–water partition coefficient (Wildman–Crippen LogP) is 3.22. The number of thiazole rings is 1. The molecule has 0 aromatic carbocycles. The summed E-state index contributed by atoms with van der Waals surface area (Å²) in [5.74, 6) is -0.142. The van der Waals surface area contributed by atoms with E-state index in [-0.39, 0.29) is 5.91 Å². The van der Waals surface area contributed by atoms with Crippen LogP contribution in [-0.2, 0) is 6.42 Å². The molecule has 0 aliphatic heterocycles. The molecule has 0 saturated carbocycles. The Labute approximate surface area is 114 Å². The first-order valence-corrected chi connectivity index (χ1v) is 7.28. The predicted molar refractivity (Wildman–Crippen MR) is 77.7 cm³/mol. The van der Waals surface area contributed by atoms with Gasteiger partial charge in [-0.25, -0.2) is 4.98 Å². The number of thiophene rings is 1. The number of amides is 1. The van der Waals surface area contributed by atoms with Gasteiger partial charge < -0.3 is 5.73 Å². The molecule has 0 saturated heterocycles. The summed E-state index contributed by atoms with van der Waals surface area (Å²) >= 11 is 2.90. The van der Waals surface area contributed by atoms with E-state index in [4.69, 9.17) is 5.73 Å². The van der Waals surface area contributed by atoms with E-state index < -0.39 is 0 Å². The van der Waals surface area contributed by atoms with Crippen LogP contribution >= 0.6 is 22.7 Å². The van der Waals surface area contributed by atoms with Gasteiger partial charge in [0.05, 0.1) is 10.6 Å². The maximum absolute atomic E-state index is 12.0. The average molecular weight is 281 g/mol. The van der Waals surface area contributed by atoms with Crippen molar-refractivity contribution in [3.05, 3.63) is 26.4 Å². The second-order valence-corrected chi connectivity index (χ2v) is 6.41. The first-order chi connectivity index (χ1) is 8.51. The molecule has 4 nitrogen and oxygen atoms in total. The van der Waals surface area contributed by atoms with Gasteiger partial charge in [-0.15, -0.1) is 22.7 Å². The van der Waals surface area contributed by atoms with Gasteiger partial charge in [0.25, 0.3) is 5.91 Å². The molecule has 0 atom stereocenters. The van der Waals surface area contributed by atoms with Crippen LogP contribution < -0.4 is 11.1 Å². The molecule has 2 aromatic heterocycles. The Hall–Kier alpha value is -1.40. The molecule has 0 aliphatic rings. The Balaban J connectivity index is 2.15. The highest BCUT2D eigenvalue weighted by Gasteiger charge is 2.14. The van der Waals surface area contributed by atoms with E-state index in [1.807, 2.05) is 13.8 Å². The van der Waals surface area contributed by atoms with E-state index in [1.54, 1.807) is 6.07 Å². The number of hydrogen-bond acceptors (Lipinski definition) is 5. The minimum atomic E-state index is -0.142. The second kappa shape index (κ2) is 5.07. The van der Waals surface area contributed by atoms with Gasteiger partial charge in [-0.2, -0.15) is 0 Å². The van der Waals surface area contributed by atoms with E-state index in [9.17, 15) is 4.79 Å². The lowest BCUT2D eigenvalue weighted by molar-refractivity contribution is 0.103. The van der Waals surface area contributed by atoms with Gasteiger partial charge >= 0.3 is 0 Å². The summed E-state index contributed by atoms with van der Waals surface area (Å²) in [7, 11) is 0. The first-order valence-electron chi connectivity index (χ1n) is 5.64. The smallest absolute Gasteiger partial charge is 0.267 e. The quantitative estimate of drug-likeness (QED) is 0.907. The van der Waals surface area contributed by atoms with Crippen molar-refractivity contribution in [2.75, 3.05) is 11.1 Å². The Morgan fingerprint density at radius 3 is 2.61 bits per heavy atom. The third kappa shape index (κ3) is 2.54. The first kappa shape index (κ1) is 13.0. The fourth-order valence-corrected chi connectivity index (χ4v) is 3.31. The zero-order valence-electron chi connectivity index (χ0n) is 10.5. The number of nitrogens with one attached hydrogen (secondary N) is 1. The number of rotatable bonds is 3. The van der Waals surface area contributed by atoms with Crippen LogP contribution in [-0.4, -0.2) is 10.9 Å². The van der Waals surface area contributed by atoms with Crippen molar-refractivity contribution >= 4 is 39.4 Å². The maximum atomic E-state index is 12.0. The zero-order chi connectivity index (χ0) is 13.3. The Morgan fingerprint density at radius 2 is 2.11 bits per heavy atom. The van der Waals surface area contributed by atoms with Crippen LogP contribution in [0.25, 0.3) is 0 Å². The second-order valence-electron chi connectivity index (χ2n) is 3.95. The van der Waals surface area contributed by atoms with Crippen LogP contribution in [0.3, 0.4) is 0 Å². The largest absolute Gasteiger partial charge is 0.398 e. The monoisotopic (exact) mass is 281 g/mol. The molecule has 0 unspecified atom stereocenters. The lowest BCUT2D eigenvalue weighted by atomic mass is 10.3. The highest BCUT2D eigenvalue weighted by molar-refractivity contribution is 7.16. The maximum Gasteiger partial charge on any atom is 0.267 e. The molecule has 96 valence electrons. The number of nitrogens with zero attached hydrogens (tertiary/aromatic N) is 1. The Morgan fingerprint density at radius 1 is 1.39 bits per heavy atom. The van der Waals surface area contributed by atoms with Crippen LogP contribution in [0.2, 0.25) is 0 Å². The normalized spacial score (nSPS) is 10.6. The summed E-state index contributed by atoms with van der Waals surface area (Å²) in [5.41, 5.74) is 7.44. The summed E-state index contributed by atoms with van der Waals surface area (Å²) in [4.78, 5) is 19.1. The highest BCUT2D eigenvalue weighted by Crippen LogP contribution is 2.26. The summed E-state index contributed by atoms with van der Waals surface area (Å²) in [6.07, 6.45) is 0.878. The van der Waals surface area contributed by atoms with Crippen molar-refractivity contribution in [3.8, 4) is 0 Å². The molecule has 2 heterocycles. The van der Waals surface area contributed by atoms with Gasteiger partial charge in [0.1, 0.15) is 0 Å². The number of nitrogen functional groups attached to an aromatic ring is 1. The van der Waals surface area contributed by atoms with Crippen LogP contribution in [0.1, 0.15) is 32.0 Å². The molecule has 3 N–H and O–H groups in total. The number of aromatic nitrogens is 1. The van der Waals surface area contributed by atoms with E-state index >= 15 is 0 Å². The summed E-state index contributed by atoms with van der Waals surface area (Å²) in [6.45, 7) is 5.97. The third-order valence-electron chi connectivity index (χ3n) is 2.63. The summed E-state index contributed by atoms with van der Waals surface area (Å²) < 4.78 is 0. The molecule has 18 heavy (non-hydrogen) atoms. The topological polar surface area (TPSA) is 68.0 Å². The van der Waals surface area contributed by atoms with Gasteiger partial charge in [-0.05, 0) is 26.3 Å². The van der Waals surface area contributed by atoms with E-state index in [2.05, 4.69) is 17.2 Å². The number of anilines is 2. The summed E-state index contributed by atoms with van der Waals surface area (Å²) in [5, 5.41) is 3.47. The average Bonchev–Trinajstić information content (AvgIpc) is 2.83. The van der Waals surface area contributed by atoms with Crippen molar-refractivity contribution in [2.24, 2.45) is 0 Å². The van der Waals surface area contributed by atoms with E-state index in [1.165, 1.54) is 22.7 Å². The number of hydrogen-bond donors (Lipinski definition) is 2. The molecule has 0 fully saturated rings. The van der Waals surface area contributed by atoms with Gasteiger partial charge in [0.2, 0.25) is 0 Å². The van der Waals surface area contributed by atoms with Gasteiger partial charge in [0, 0.05) is 15.4 Å². The minimum Gasteiger partial charge on any atom is -0.398 e. The van der Waals surface area contributed by atoms with Gasteiger partial charge in [-0.3, -0.25) is 10.1 Å². The molecule has 2 aromatic rings. The molecule has 1 amide bonds. The summed E-state index contributed by atoms with van der Waals surface area (Å²) in [6, 6.07) is 1.70. The minimum absolute atomic E-state index is 0.142. The van der Waals surface area contributed by atoms with Crippen LogP contribution in [0.15, 0.2) is 6.07 Å². The SMILES string of the molecule is CCc1nc(NC(=O)c2cc(N)c(C)s2)sc1C. The number of aryl methyl sites for hydroxylation is 3.